The van der Waals surface area contributed by atoms with Gasteiger partial charge in [0.05, 0.1) is 4.90 Å². The van der Waals surface area contributed by atoms with Crippen LogP contribution in [0.3, 0.4) is 0 Å². The summed E-state index contributed by atoms with van der Waals surface area (Å²) in [6.45, 7) is 2.13. The van der Waals surface area contributed by atoms with Crippen LogP contribution < -0.4 is 0 Å². The van der Waals surface area contributed by atoms with Crippen molar-refractivity contribution in [1.29, 1.82) is 0 Å². The molecule has 2 rings (SSSR count). The lowest BCUT2D eigenvalue weighted by molar-refractivity contribution is -0.147. The van der Waals surface area contributed by atoms with Gasteiger partial charge in [-0.1, -0.05) is 13.3 Å². The summed E-state index contributed by atoms with van der Waals surface area (Å²) in [5, 5.41) is 9.51. The summed E-state index contributed by atoms with van der Waals surface area (Å²) in [5.74, 6) is -1.05. The van der Waals surface area contributed by atoms with E-state index in [1.807, 2.05) is 6.92 Å². The van der Waals surface area contributed by atoms with Crippen LogP contribution in [0.5, 0.6) is 0 Å². The lowest BCUT2D eigenvalue weighted by atomic mass is 9.92. The van der Waals surface area contributed by atoms with E-state index < -0.39 is 21.5 Å². The number of sulfonamides is 1. The number of nitrogens with one attached hydrogen (secondary N) is 1. The van der Waals surface area contributed by atoms with Crippen molar-refractivity contribution in [2.45, 2.75) is 43.0 Å². The fourth-order valence-electron chi connectivity index (χ4n) is 2.78. The molecule has 0 saturated carbocycles. The highest BCUT2D eigenvalue weighted by atomic mass is 32.2. The molecule has 1 aromatic rings. The standard InChI is InChI=1S/C12H18N2O4S/c1-2-5-12(11(15)16)6-3-8-14(12)19(17,18)10-4-7-13-9-10/h4,7,9,13H,2-3,5-6,8H2,1H3,(H,15,16). The maximum absolute atomic E-state index is 12.5. The average Bonchev–Trinajstić information content (AvgIpc) is 2.99. The van der Waals surface area contributed by atoms with E-state index in [2.05, 4.69) is 4.98 Å². The predicted octanol–water partition coefficient (Wildman–Crippen LogP) is 1.42. The quantitative estimate of drug-likeness (QED) is 0.856. The number of H-pyrrole nitrogens is 1. The van der Waals surface area contributed by atoms with Gasteiger partial charge in [-0.15, -0.1) is 0 Å². The molecule has 0 radical (unpaired) electrons. The van der Waals surface area contributed by atoms with E-state index in [9.17, 15) is 18.3 Å². The molecule has 0 aromatic carbocycles. The number of carboxylic acids is 1. The van der Waals surface area contributed by atoms with Crippen LogP contribution >= 0.6 is 0 Å². The SMILES string of the molecule is CCCC1(C(=O)O)CCCN1S(=O)(=O)c1cc[nH]c1. The second-order valence-electron chi connectivity index (χ2n) is 4.81. The van der Waals surface area contributed by atoms with Gasteiger partial charge in [-0.25, -0.2) is 8.42 Å². The van der Waals surface area contributed by atoms with Crippen LogP contribution in [0.1, 0.15) is 32.6 Å². The van der Waals surface area contributed by atoms with Crippen LogP contribution in [0.15, 0.2) is 23.4 Å². The van der Waals surface area contributed by atoms with Crippen molar-refractivity contribution in [2.75, 3.05) is 6.54 Å². The first-order valence-electron chi connectivity index (χ1n) is 6.34. The highest BCUT2D eigenvalue weighted by Gasteiger charge is 2.52. The molecule has 19 heavy (non-hydrogen) atoms. The van der Waals surface area contributed by atoms with Crippen LogP contribution in [0, 0.1) is 0 Å². The van der Waals surface area contributed by atoms with Crippen molar-refractivity contribution in [3.8, 4) is 0 Å². The Morgan fingerprint density at radius 2 is 2.32 bits per heavy atom. The number of hydrogen-bond acceptors (Lipinski definition) is 3. The number of carbonyl (C=O) groups is 1. The van der Waals surface area contributed by atoms with Gasteiger partial charge in [0, 0.05) is 18.9 Å². The minimum Gasteiger partial charge on any atom is -0.480 e. The fourth-order valence-corrected chi connectivity index (χ4v) is 4.59. The molecule has 1 aliphatic rings. The fraction of sp³-hybridized carbons (Fsp3) is 0.583. The lowest BCUT2D eigenvalue weighted by Crippen LogP contribution is -2.52. The summed E-state index contributed by atoms with van der Waals surface area (Å²) in [7, 11) is -3.75. The second kappa shape index (κ2) is 4.97. The molecule has 1 aliphatic heterocycles. The topological polar surface area (TPSA) is 90.5 Å². The molecule has 1 unspecified atom stereocenters. The second-order valence-corrected chi connectivity index (χ2v) is 6.68. The van der Waals surface area contributed by atoms with Gasteiger partial charge < -0.3 is 10.1 Å². The van der Waals surface area contributed by atoms with E-state index in [-0.39, 0.29) is 11.4 Å². The average molecular weight is 286 g/mol. The van der Waals surface area contributed by atoms with E-state index in [0.717, 1.165) is 4.31 Å². The molecule has 0 bridgehead atoms. The van der Waals surface area contributed by atoms with Crippen LogP contribution in [-0.2, 0) is 14.8 Å². The van der Waals surface area contributed by atoms with Gasteiger partial charge in [-0.3, -0.25) is 4.79 Å². The van der Waals surface area contributed by atoms with Crippen molar-refractivity contribution in [1.82, 2.24) is 9.29 Å². The van der Waals surface area contributed by atoms with Crippen LogP contribution in [0.25, 0.3) is 0 Å². The smallest absolute Gasteiger partial charge is 0.325 e. The van der Waals surface area contributed by atoms with Gasteiger partial charge in [0.15, 0.2) is 0 Å². The summed E-state index contributed by atoms with van der Waals surface area (Å²) in [6, 6.07) is 1.45. The first-order chi connectivity index (χ1) is 8.95. The Bertz CT molecular complexity index is 552. The summed E-state index contributed by atoms with van der Waals surface area (Å²) in [6.07, 6.45) is 4.82. The van der Waals surface area contributed by atoms with E-state index in [4.69, 9.17) is 0 Å². The predicted molar refractivity (Wildman–Crippen MR) is 69.2 cm³/mol. The van der Waals surface area contributed by atoms with Crippen molar-refractivity contribution >= 4 is 16.0 Å². The minimum atomic E-state index is -3.75. The Hall–Kier alpha value is -1.34. The molecule has 1 fully saturated rings. The summed E-state index contributed by atoms with van der Waals surface area (Å²) in [4.78, 5) is 14.4. The monoisotopic (exact) mass is 286 g/mol. The molecule has 6 nitrogen and oxygen atoms in total. The normalized spacial score (nSPS) is 24.7. The van der Waals surface area contributed by atoms with Crippen LogP contribution in [0.2, 0.25) is 0 Å². The zero-order valence-electron chi connectivity index (χ0n) is 10.8. The Morgan fingerprint density at radius 1 is 1.58 bits per heavy atom. The van der Waals surface area contributed by atoms with Crippen molar-refractivity contribution < 1.29 is 18.3 Å². The molecule has 106 valence electrons. The van der Waals surface area contributed by atoms with Crippen molar-refractivity contribution in [3.05, 3.63) is 18.5 Å². The highest BCUT2D eigenvalue weighted by molar-refractivity contribution is 7.89. The van der Waals surface area contributed by atoms with Gasteiger partial charge in [0.2, 0.25) is 10.0 Å². The first kappa shape index (κ1) is 14.1. The molecule has 7 heteroatoms. The molecule has 0 aliphatic carbocycles. The Morgan fingerprint density at radius 3 is 2.84 bits per heavy atom. The zero-order chi connectivity index (χ0) is 14.1. The van der Waals surface area contributed by atoms with Gasteiger partial charge in [0.1, 0.15) is 5.54 Å². The molecule has 1 saturated heterocycles. The summed E-state index contributed by atoms with van der Waals surface area (Å²) >= 11 is 0. The Balaban J connectivity index is 2.46. The number of nitrogens with zero attached hydrogens (tertiary/aromatic N) is 1. The van der Waals surface area contributed by atoms with Crippen molar-refractivity contribution in [3.63, 3.8) is 0 Å². The number of aliphatic carboxylic acids is 1. The minimum absolute atomic E-state index is 0.121. The van der Waals surface area contributed by atoms with E-state index in [1.165, 1.54) is 18.5 Å². The zero-order valence-corrected chi connectivity index (χ0v) is 11.6. The van der Waals surface area contributed by atoms with E-state index in [1.54, 1.807) is 0 Å². The van der Waals surface area contributed by atoms with E-state index >= 15 is 0 Å². The molecule has 0 spiro atoms. The van der Waals surface area contributed by atoms with Crippen LogP contribution in [0.4, 0.5) is 0 Å². The number of hydrogen-bond donors (Lipinski definition) is 2. The number of carboxylic acid groups (broad SMARTS) is 1. The molecular weight excluding hydrogens is 268 g/mol. The third-order valence-corrected chi connectivity index (χ3v) is 5.61. The third kappa shape index (κ3) is 2.17. The number of aromatic nitrogens is 1. The maximum atomic E-state index is 12.5. The van der Waals surface area contributed by atoms with Gasteiger partial charge in [0.25, 0.3) is 0 Å². The third-order valence-electron chi connectivity index (χ3n) is 3.65. The largest absolute Gasteiger partial charge is 0.480 e. The van der Waals surface area contributed by atoms with E-state index in [0.29, 0.717) is 25.7 Å². The first-order valence-corrected chi connectivity index (χ1v) is 7.78. The van der Waals surface area contributed by atoms with Crippen LogP contribution in [-0.4, -0.2) is 40.9 Å². The molecule has 2 N–H and O–H groups in total. The van der Waals surface area contributed by atoms with Gasteiger partial charge >= 0.3 is 5.97 Å². The Kier molecular flexibility index (Phi) is 3.69. The number of rotatable bonds is 5. The molecular formula is C12H18N2O4S. The maximum Gasteiger partial charge on any atom is 0.325 e. The highest BCUT2D eigenvalue weighted by Crippen LogP contribution is 2.38. The number of aromatic amines is 1. The van der Waals surface area contributed by atoms with Gasteiger partial charge in [-0.2, -0.15) is 4.31 Å². The molecule has 1 aromatic heterocycles. The Labute approximate surface area is 112 Å². The lowest BCUT2D eigenvalue weighted by Gasteiger charge is -2.33. The summed E-state index contributed by atoms with van der Waals surface area (Å²) in [5.41, 5.74) is -1.29. The molecule has 0 amide bonds. The summed E-state index contributed by atoms with van der Waals surface area (Å²) < 4.78 is 26.2. The van der Waals surface area contributed by atoms with Gasteiger partial charge in [-0.05, 0) is 25.3 Å². The molecule has 1 atom stereocenters. The molecule has 2 heterocycles. The van der Waals surface area contributed by atoms with Crippen molar-refractivity contribution in [2.24, 2.45) is 0 Å².